The van der Waals surface area contributed by atoms with Crippen LogP contribution in [0.5, 0.6) is 11.5 Å². The highest BCUT2D eigenvalue weighted by molar-refractivity contribution is 5.67. The van der Waals surface area contributed by atoms with Crippen LogP contribution in [0.1, 0.15) is 24.8 Å². The Morgan fingerprint density at radius 2 is 2.18 bits per heavy atom. The minimum Gasteiger partial charge on any atom is -0.493 e. The van der Waals surface area contributed by atoms with Crippen molar-refractivity contribution >= 4 is 5.97 Å². The van der Waals surface area contributed by atoms with Crippen molar-refractivity contribution in [2.24, 2.45) is 0 Å². The van der Waals surface area contributed by atoms with Crippen LogP contribution in [-0.2, 0) is 11.2 Å². The van der Waals surface area contributed by atoms with Gasteiger partial charge >= 0.3 is 5.97 Å². The van der Waals surface area contributed by atoms with Crippen LogP contribution >= 0.6 is 0 Å². The first kappa shape index (κ1) is 11.8. The predicted octanol–water partition coefficient (Wildman–Crippen LogP) is 2.25. The summed E-state index contributed by atoms with van der Waals surface area (Å²) in [6.45, 7) is 0. The molecule has 0 amide bonds. The summed E-state index contributed by atoms with van der Waals surface area (Å²) < 4.78 is 10.9. The number of carbonyl (C=O) groups is 1. The van der Waals surface area contributed by atoms with Gasteiger partial charge in [-0.1, -0.05) is 6.07 Å². The van der Waals surface area contributed by atoms with E-state index in [2.05, 4.69) is 0 Å². The van der Waals surface area contributed by atoms with Crippen molar-refractivity contribution in [2.75, 3.05) is 7.11 Å². The van der Waals surface area contributed by atoms with Crippen LogP contribution in [-0.4, -0.2) is 24.3 Å². The number of carboxylic acid groups (broad SMARTS) is 1. The van der Waals surface area contributed by atoms with E-state index in [-0.39, 0.29) is 6.42 Å². The molecule has 2 rings (SSSR count). The summed E-state index contributed by atoms with van der Waals surface area (Å²) in [5.74, 6) is 0.635. The second-order valence-corrected chi connectivity index (χ2v) is 4.20. The van der Waals surface area contributed by atoms with Gasteiger partial charge in [0.15, 0.2) is 11.5 Å². The highest BCUT2D eigenvalue weighted by Gasteiger charge is 2.24. The van der Waals surface area contributed by atoms with E-state index in [9.17, 15) is 4.79 Å². The molecule has 0 radical (unpaired) electrons. The van der Waals surface area contributed by atoms with Crippen LogP contribution in [0.25, 0.3) is 0 Å². The third kappa shape index (κ3) is 3.37. The van der Waals surface area contributed by atoms with E-state index in [1.54, 1.807) is 7.11 Å². The fourth-order valence-electron chi connectivity index (χ4n) is 1.58. The van der Waals surface area contributed by atoms with Crippen molar-refractivity contribution in [1.29, 1.82) is 0 Å². The Kier molecular flexibility index (Phi) is 3.52. The van der Waals surface area contributed by atoms with E-state index in [0.717, 1.165) is 24.2 Å². The van der Waals surface area contributed by atoms with E-state index in [4.69, 9.17) is 14.6 Å². The van der Waals surface area contributed by atoms with Crippen LogP contribution in [0.3, 0.4) is 0 Å². The molecule has 17 heavy (non-hydrogen) atoms. The lowest BCUT2D eigenvalue weighted by Gasteiger charge is -2.11. The average molecular weight is 236 g/mol. The number of benzene rings is 1. The Bertz CT molecular complexity index is 410. The molecule has 0 aliphatic heterocycles. The van der Waals surface area contributed by atoms with Crippen molar-refractivity contribution in [3.05, 3.63) is 23.8 Å². The first-order valence-electron chi connectivity index (χ1n) is 5.74. The lowest BCUT2D eigenvalue weighted by atomic mass is 10.1. The molecule has 0 saturated heterocycles. The van der Waals surface area contributed by atoms with Crippen LogP contribution < -0.4 is 9.47 Å². The Morgan fingerprint density at radius 1 is 1.41 bits per heavy atom. The zero-order chi connectivity index (χ0) is 12.3. The molecule has 92 valence electrons. The maximum atomic E-state index is 10.5. The monoisotopic (exact) mass is 236 g/mol. The lowest BCUT2D eigenvalue weighted by Crippen LogP contribution is -2.01. The van der Waals surface area contributed by atoms with Crippen LogP contribution in [0, 0.1) is 0 Å². The summed E-state index contributed by atoms with van der Waals surface area (Å²) in [5.41, 5.74) is 0.951. The molecule has 1 aliphatic rings. The second-order valence-electron chi connectivity index (χ2n) is 4.20. The highest BCUT2D eigenvalue weighted by Crippen LogP contribution is 2.34. The number of hydrogen-bond acceptors (Lipinski definition) is 3. The number of hydrogen-bond donors (Lipinski definition) is 1. The van der Waals surface area contributed by atoms with E-state index < -0.39 is 5.97 Å². The molecular formula is C13H16O4. The molecule has 1 N–H and O–H groups in total. The molecule has 0 aromatic heterocycles. The van der Waals surface area contributed by atoms with Gasteiger partial charge in [0.05, 0.1) is 13.2 Å². The number of methoxy groups -OCH3 is 1. The van der Waals surface area contributed by atoms with Crippen molar-refractivity contribution in [3.63, 3.8) is 0 Å². The summed E-state index contributed by atoms with van der Waals surface area (Å²) in [6.07, 6.45) is 3.17. The zero-order valence-corrected chi connectivity index (χ0v) is 9.81. The quantitative estimate of drug-likeness (QED) is 0.823. The zero-order valence-electron chi connectivity index (χ0n) is 9.81. The first-order valence-corrected chi connectivity index (χ1v) is 5.74. The summed E-state index contributed by atoms with van der Waals surface area (Å²) in [7, 11) is 1.59. The van der Waals surface area contributed by atoms with Gasteiger partial charge in [0.25, 0.3) is 0 Å². The van der Waals surface area contributed by atoms with E-state index >= 15 is 0 Å². The highest BCUT2D eigenvalue weighted by atomic mass is 16.5. The van der Waals surface area contributed by atoms with Gasteiger partial charge in [-0.25, -0.2) is 0 Å². The fraction of sp³-hybridized carbons (Fsp3) is 0.462. The van der Waals surface area contributed by atoms with Crippen molar-refractivity contribution in [1.82, 2.24) is 0 Å². The normalized spacial score (nSPS) is 14.4. The molecular weight excluding hydrogens is 220 g/mol. The van der Waals surface area contributed by atoms with Gasteiger partial charge < -0.3 is 14.6 Å². The summed E-state index contributed by atoms with van der Waals surface area (Å²) in [5, 5.41) is 8.63. The van der Waals surface area contributed by atoms with Gasteiger partial charge in [0.1, 0.15) is 0 Å². The van der Waals surface area contributed by atoms with Gasteiger partial charge in [-0.3, -0.25) is 4.79 Å². The van der Waals surface area contributed by atoms with Gasteiger partial charge in [-0.05, 0) is 37.0 Å². The van der Waals surface area contributed by atoms with Crippen molar-refractivity contribution < 1.29 is 19.4 Å². The number of rotatable bonds is 6. The standard InChI is InChI=1S/C13H16O4/c1-16-12-8-9(3-7-13(14)15)2-6-11(12)17-10-4-5-10/h2,6,8,10H,3-5,7H2,1H3,(H,14,15). The molecule has 0 spiro atoms. The number of aryl methyl sites for hydroxylation is 1. The Labute approximate surface area is 100 Å². The smallest absolute Gasteiger partial charge is 0.303 e. The molecule has 4 heteroatoms. The van der Waals surface area contributed by atoms with Crippen LogP contribution in [0.4, 0.5) is 0 Å². The second kappa shape index (κ2) is 5.08. The number of aliphatic carboxylic acids is 1. The van der Waals surface area contributed by atoms with Crippen molar-refractivity contribution in [3.8, 4) is 11.5 Å². The summed E-state index contributed by atoms with van der Waals surface area (Å²) in [6, 6.07) is 5.60. The summed E-state index contributed by atoms with van der Waals surface area (Å²) >= 11 is 0. The molecule has 0 atom stereocenters. The van der Waals surface area contributed by atoms with Gasteiger partial charge in [0.2, 0.25) is 0 Å². The predicted molar refractivity (Wildman–Crippen MR) is 62.6 cm³/mol. The molecule has 1 aliphatic carbocycles. The van der Waals surface area contributed by atoms with E-state index in [0.29, 0.717) is 18.3 Å². The maximum Gasteiger partial charge on any atom is 0.303 e. The molecule has 1 aromatic rings. The van der Waals surface area contributed by atoms with Gasteiger partial charge in [-0.2, -0.15) is 0 Å². The summed E-state index contributed by atoms with van der Waals surface area (Å²) in [4.78, 5) is 10.5. The third-order valence-electron chi connectivity index (χ3n) is 2.67. The number of carboxylic acids is 1. The molecule has 1 saturated carbocycles. The largest absolute Gasteiger partial charge is 0.493 e. The average Bonchev–Trinajstić information content (AvgIpc) is 3.11. The molecule has 1 aromatic carbocycles. The van der Waals surface area contributed by atoms with E-state index in [1.807, 2.05) is 18.2 Å². The molecule has 0 bridgehead atoms. The number of ether oxygens (including phenoxy) is 2. The Hall–Kier alpha value is -1.71. The first-order chi connectivity index (χ1) is 8.19. The topological polar surface area (TPSA) is 55.8 Å². The molecule has 1 fully saturated rings. The minimum absolute atomic E-state index is 0.131. The Morgan fingerprint density at radius 3 is 2.76 bits per heavy atom. The van der Waals surface area contributed by atoms with E-state index in [1.165, 1.54) is 0 Å². The van der Waals surface area contributed by atoms with Gasteiger partial charge in [-0.15, -0.1) is 0 Å². The Balaban J connectivity index is 2.06. The SMILES string of the molecule is COc1cc(CCC(=O)O)ccc1OC1CC1. The third-order valence-corrected chi connectivity index (χ3v) is 2.67. The fourth-order valence-corrected chi connectivity index (χ4v) is 1.58. The van der Waals surface area contributed by atoms with Crippen LogP contribution in [0.2, 0.25) is 0 Å². The lowest BCUT2D eigenvalue weighted by molar-refractivity contribution is -0.136. The molecule has 0 heterocycles. The van der Waals surface area contributed by atoms with Crippen molar-refractivity contribution in [2.45, 2.75) is 31.8 Å². The maximum absolute atomic E-state index is 10.5. The molecule has 0 unspecified atom stereocenters. The molecule has 4 nitrogen and oxygen atoms in total. The van der Waals surface area contributed by atoms with Crippen LogP contribution in [0.15, 0.2) is 18.2 Å². The minimum atomic E-state index is -0.790. The van der Waals surface area contributed by atoms with Gasteiger partial charge in [0, 0.05) is 6.42 Å².